The van der Waals surface area contributed by atoms with Gasteiger partial charge in [0.05, 0.1) is 6.04 Å². The number of hydrogen-bond donors (Lipinski definition) is 2. The normalized spacial score (nSPS) is 21.5. The quantitative estimate of drug-likeness (QED) is 0.805. The van der Waals surface area contributed by atoms with Crippen molar-refractivity contribution in [2.75, 3.05) is 33.2 Å². The maximum atomic E-state index is 12.0. The molecule has 7 heteroatoms. The van der Waals surface area contributed by atoms with Crippen LogP contribution in [-0.4, -0.2) is 56.3 Å². The van der Waals surface area contributed by atoms with E-state index >= 15 is 0 Å². The summed E-state index contributed by atoms with van der Waals surface area (Å²) in [5, 5.41) is 4.94. The van der Waals surface area contributed by atoms with Crippen molar-refractivity contribution in [2.45, 2.75) is 38.9 Å². The van der Waals surface area contributed by atoms with E-state index in [0.717, 1.165) is 25.9 Å². The Morgan fingerprint density at radius 3 is 2.40 bits per heavy atom. The van der Waals surface area contributed by atoms with Crippen LogP contribution in [0.3, 0.4) is 0 Å². The molecular weight excluding hydrogens is 271 g/mol. The fourth-order valence-corrected chi connectivity index (χ4v) is 2.17. The minimum Gasteiger partial charge on any atom is -0.346 e. The Morgan fingerprint density at radius 2 is 1.90 bits per heavy atom. The van der Waals surface area contributed by atoms with Gasteiger partial charge < -0.3 is 15.5 Å². The first-order chi connectivity index (χ1) is 9.11. The molecule has 0 bridgehead atoms. The molecule has 1 heterocycles. The van der Waals surface area contributed by atoms with Crippen LogP contribution in [0.15, 0.2) is 0 Å². The molecular formula is C13H24F3N3O. The number of hydrogen-bond acceptors (Lipinski definition) is 3. The van der Waals surface area contributed by atoms with Crippen LogP contribution in [0.1, 0.15) is 26.7 Å². The van der Waals surface area contributed by atoms with E-state index in [1.165, 1.54) is 0 Å². The fraction of sp³-hybridized carbons (Fsp3) is 0.923. The number of likely N-dealkylation sites (tertiary alicyclic amines) is 1. The van der Waals surface area contributed by atoms with Crippen LogP contribution < -0.4 is 10.6 Å². The van der Waals surface area contributed by atoms with Gasteiger partial charge in [0.2, 0.25) is 5.91 Å². The number of amides is 1. The lowest BCUT2D eigenvalue weighted by Gasteiger charge is -2.38. The topological polar surface area (TPSA) is 44.4 Å². The summed E-state index contributed by atoms with van der Waals surface area (Å²) in [4.78, 5) is 13.8. The largest absolute Gasteiger partial charge is 0.405 e. The van der Waals surface area contributed by atoms with Crippen LogP contribution >= 0.6 is 0 Å². The zero-order valence-electron chi connectivity index (χ0n) is 12.3. The van der Waals surface area contributed by atoms with Crippen molar-refractivity contribution < 1.29 is 18.0 Å². The summed E-state index contributed by atoms with van der Waals surface area (Å²) in [5.41, 5.74) is 0.102. The van der Waals surface area contributed by atoms with Crippen molar-refractivity contribution in [1.29, 1.82) is 0 Å². The molecule has 0 aromatic carbocycles. The molecule has 1 saturated heterocycles. The lowest BCUT2D eigenvalue weighted by molar-refractivity contribution is -0.139. The van der Waals surface area contributed by atoms with Crippen LogP contribution in [0, 0.1) is 5.41 Å². The zero-order chi connectivity index (χ0) is 15.4. The maximum Gasteiger partial charge on any atom is 0.405 e. The summed E-state index contributed by atoms with van der Waals surface area (Å²) in [5.74, 6) is -0.612. The van der Waals surface area contributed by atoms with Crippen LogP contribution in [0.4, 0.5) is 13.2 Å². The second kappa shape index (κ2) is 6.76. The summed E-state index contributed by atoms with van der Waals surface area (Å²) >= 11 is 0. The summed E-state index contributed by atoms with van der Waals surface area (Å²) in [6.45, 7) is 5.11. The average molecular weight is 295 g/mol. The number of nitrogens with one attached hydrogen (secondary N) is 2. The third kappa shape index (κ3) is 6.09. The van der Waals surface area contributed by atoms with Gasteiger partial charge in [0.1, 0.15) is 6.54 Å². The van der Waals surface area contributed by atoms with Crippen LogP contribution in [-0.2, 0) is 4.79 Å². The Labute approximate surface area is 118 Å². The molecule has 4 nitrogen and oxygen atoms in total. The monoisotopic (exact) mass is 295 g/mol. The molecule has 1 amide bonds. The average Bonchev–Trinajstić information content (AvgIpc) is 2.36. The van der Waals surface area contributed by atoms with Gasteiger partial charge >= 0.3 is 6.18 Å². The molecule has 1 unspecified atom stereocenters. The van der Waals surface area contributed by atoms with E-state index in [1.807, 2.05) is 5.32 Å². The van der Waals surface area contributed by atoms with Gasteiger partial charge in [-0.3, -0.25) is 4.79 Å². The Morgan fingerprint density at radius 1 is 1.35 bits per heavy atom. The minimum atomic E-state index is -4.37. The highest BCUT2D eigenvalue weighted by atomic mass is 19.4. The van der Waals surface area contributed by atoms with E-state index < -0.39 is 24.7 Å². The number of carbonyl (C=O) groups is 1. The first-order valence-corrected chi connectivity index (χ1v) is 6.88. The predicted molar refractivity (Wildman–Crippen MR) is 71.4 cm³/mol. The van der Waals surface area contributed by atoms with Gasteiger partial charge in [-0.2, -0.15) is 13.2 Å². The predicted octanol–water partition coefficient (Wildman–Crippen LogP) is 1.37. The molecule has 2 N–H and O–H groups in total. The molecule has 0 radical (unpaired) electrons. The Bertz CT molecular complexity index is 325. The van der Waals surface area contributed by atoms with E-state index in [-0.39, 0.29) is 5.41 Å². The zero-order valence-corrected chi connectivity index (χ0v) is 12.3. The van der Waals surface area contributed by atoms with Crippen LogP contribution in [0.25, 0.3) is 0 Å². The molecule has 1 aliphatic rings. The third-order valence-electron chi connectivity index (χ3n) is 3.89. The van der Waals surface area contributed by atoms with Gasteiger partial charge in [0.25, 0.3) is 0 Å². The molecule has 0 aliphatic carbocycles. The Kier molecular flexibility index (Phi) is 5.82. The molecule has 1 aliphatic heterocycles. The molecule has 0 saturated carbocycles. The summed E-state index contributed by atoms with van der Waals surface area (Å²) in [7, 11) is 2.07. The van der Waals surface area contributed by atoms with Crippen molar-refractivity contribution >= 4 is 5.91 Å². The second-order valence-electron chi connectivity index (χ2n) is 6.05. The van der Waals surface area contributed by atoms with Crippen molar-refractivity contribution in [3.8, 4) is 0 Å². The van der Waals surface area contributed by atoms with Crippen LogP contribution in [0.5, 0.6) is 0 Å². The van der Waals surface area contributed by atoms with E-state index in [2.05, 4.69) is 24.2 Å². The summed E-state index contributed by atoms with van der Waals surface area (Å²) in [6, 6.07) is -0.617. The number of alkyl halides is 3. The minimum absolute atomic E-state index is 0.102. The molecule has 0 aromatic heterocycles. The first kappa shape index (κ1) is 17.2. The van der Waals surface area contributed by atoms with Crippen molar-refractivity contribution in [1.82, 2.24) is 15.5 Å². The van der Waals surface area contributed by atoms with Crippen molar-refractivity contribution in [3.63, 3.8) is 0 Å². The maximum absolute atomic E-state index is 12.0. The smallest absolute Gasteiger partial charge is 0.346 e. The van der Waals surface area contributed by atoms with E-state index in [4.69, 9.17) is 0 Å². The third-order valence-corrected chi connectivity index (χ3v) is 3.89. The number of halogens is 3. The fourth-order valence-electron chi connectivity index (χ4n) is 2.17. The van der Waals surface area contributed by atoms with Gasteiger partial charge in [0, 0.05) is 6.54 Å². The highest BCUT2D eigenvalue weighted by molar-refractivity contribution is 5.81. The molecule has 118 valence electrons. The first-order valence-electron chi connectivity index (χ1n) is 6.88. The van der Waals surface area contributed by atoms with E-state index in [0.29, 0.717) is 6.54 Å². The van der Waals surface area contributed by atoms with E-state index in [9.17, 15) is 18.0 Å². The highest BCUT2D eigenvalue weighted by Crippen LogP contribution is 2.29. The van der Waals surface area contributed by atoms with Crippen molar-refractivity contribution in [2.24, 2.45) is 5.41 Å². The van der Waals surface area contributed by atoms with Gasteiger partial charge in [-0.1, -0.05) is 6.92 Å². The van der Waals surface area contributed by atoms with Gasteiger partial charge in [-0.05, 0) is 45.3 Å². The summed E-state index contributed by atoms with van der Waals surface area (Å²) in [6.07, 6.45) is -2.32. The van der Waals surface area contributed by atoms with Gasteiger partial charge in [-0.25, -0.2) is 0 Å². The SMILES string of the molecule is CC(NCC1(C)CCN(C)CC1)C(=O)NCC(F)(F)F. The number of nitrogens with zero attached hydrogens (tertiary/aromatic N) is 1. The second-order valence-corrected chi connectivity index (χ2v) is 6.05. The lowest BCUT2D eigenvalue weighted by Crippen LogP contribution is -2.49. The Hall–Kier alpha value is -0.820. The van der Waals surface area contributed by atoms with Gasteiger partial charge in [0.15, 0.2) is 0 Å². The van der Waals surface area contributed by atoms with Crippen molar-refractivity contribution in [3.05, 3.63) is 0 Å². The number of piperidine rings is 1. The molecule has 1 atom stereocenters. The number of rotatable bonds is 5. The lowest BCUT2D eigenvalue weighted by atomic mass is 9.80. The summed E-state index contributed by atoms with van der Waals surface area (Å²) < 4.78 is 36.0. The molecule has 1 rings (SSSR count). The molecule has 1 fully saturated rings. The number of carbonyl (C=O) groups excluding carboxylic acids is 1. The van der Waals surface area contributed by atoms with Crippen LogP contribution in [0.2, 0.25) is 0 Å². The molecule has 0 spiro atoms. The Balaban J connectivity index is 2.31. The highest BCUT2D eigenvalue weighted by Gasteiger charge is 2.31. The van der Waals surface area contributed by atoms with E-state index in [1.54, 1.807) is 6.92 Å². The van der Waals surface area contributed by atoms with Gasteiger partial charge in [-0.15, -0.1) is 0 Å². The standard InChI is InChI=1S/C13H24F3N3O/c1-10(11(20)18-9-13(14,15)16)17-8-12(2)4-6-19(3)7-5-12/h10,17H,4-9H2,1-3H3,(H,18,20). The molecule has 0 aromatic rings. The molecule has 20 heavy (non-hydrogen) atoms.